The van der Waals surface area contributed by atoms with Crippen molar-refractivity contribution in [3.63, 3.8) is 0 Å². The molecule has 1 unspecified atom stereocenters. The van der Waals surface area contributed by atoms with E-state index in [1.54, 1.807) is 17.0 Å². The number of ether oxygens (including phenoxy) is 1. The van der Waals surface area contributed by atoms with E-state index in [0.717, 1.165) is 4.47 Å². The Balaban J connectivity index is 2.21. The van der Waals surface area contributed by atoms with E-state index in [0.29, 0.717) is 25.3 Å². The first-order chi connectivity index (χ1) is 8.08. The van der Waals surface area contributed by atoms with Crippen LogP contribution in [0.15, 0.2) is 22.7 Å². The molecule has 0 bridgehead atoms. The molecule has 1 N–H and O–H groups in total. The van der Waals surface area contributed by atoms with E-state index < -0.39 is 0 Å². The van der Waals surface area contributed by atoms with Gasteiger partial charge < -0.3 is 14.7 Å². The second kappa shape index (κ2) is 5.06. The van der Waals surface area contributed by atoms with Crippen LogP contribution in [0.25, 0.3) is 0 Å². The van der Waals surface area contributed by atoms with Gasteiger partial charge in [-0.2, -0.15) is 0 Å². The molecule has 1 aliphatic heterocycles. The molecule has 1 aromatic rings. The summed E-state index contributed by atoms with van der Waals surface area (Å²) in [5, 5.41) is 9.70. The first-order valence-electron chi connectivity index (χ1n) is 5.47. The van der Waals surface area contributed by atoms with Gasteiger partial charge in [0.2, 0.25) is 0 Å². The molecular weight excluding hydrogens is 286 g/mol. The number of halogens is 1. The number of hydrogen-bond donors (Lipinski definition) is 1. The lowest BCUT2D eigenvalue weighted by atomic mass is 10.1. The summed E-state index contributed by atoms with van der Waals surface area (Å²) in [6.45, 7) is 3.60. The minimum atomic E-state index is -0.154. The summed E-state index contributed by atoms with van der Waals surface area (Å²) in [6.07, 6.45) is 0.0435. The fourth-order valence-corrected chi connectivity index (χ4v) is 2.21. The molecule has 1 atom stereocenters. The van der Waals surface area contributed by atoms with Gasteiger partial charge in [0.15, 0.2) is 0 Å². The molecule has 0 aliphatic carbocycles. The molecule has 0 saturated carbocycles. The molecule has 1 saturated heterocycles. The van der Waals surface area contributed by atoms with Gasteiger partial charge in [0, 0.05) is 17.6 Å². The number of rotatable bonds is 1. The van der Waals surface area contributed by atoms with Crippen molar-refractivity contribution in [1.29, 1.82) is 0 Å². The second-order valence-corrected chi connectivity index (χ2v) is 5.01. The third-order valence-electron chi connectivity index (χ3n) is 2.72. The van der Waals surface area contributed by atoms with Gasteiger partial charge in [-0.3, -0.25) is 4.79 Å². The monoisotopic (exact) mass is 299 g/mol. The van der Waals surface area contributed by atoms with Crippen molar-refractivity contribution in [2.24, 2.45) is 0 Å². The highest BCUT2D eigenvalue weighted by atomic mass is 79.9. The van der Waals surface area contributed by atoms with E-state index in [4.69, 9.17) is 4.74 Å². The van der Waals surface area contributed by atoms with E-state index in [9.17, 15) is 9.90 Å². The standard InChI is InChI=1S/C12H14BrNO3/c1-8-7-14(4-5-17-8)12(16)10-6-9(13)2-3-11(10)15/h2-3,6,8,15H,4-5,7H2,1H3. The molecular formula is C12H14BrNO3. The number of benzene rings is 1. The molecule has 1 heterocycles. The molecule has 2 rings (SSSR count). The predicted octanol–water partition coefficient (Wildman–Crippen LogP) is 2.02. The van der Waals surface area contributed by atoms with Crippen LogP contribution in [-0.4, -0.2) is 41.7 Å². The van der Waals surface area contributed by atoms with Gasteiger partial charge >= 0.3 is 0 Å². The van der Waals surface area contributed by atoms with Crippen molar-refractivity contribution < 1.29 is 14.6 Å². The molecule has 0 aromatic heterocycles. The number of carbonyl (C=O) groups is 1. The maximum atomic E-state index is 12.2. The van der Waals surface area contributed by atoms with Crippen LogP contribution in [-0.2, 0) is 4.74 Å². The van der Waals surface area contributed by atoms with Gasteiger partial charge in [-0.1, -0.05) is 15.9 Å². The van der Waals surface area contributed by atoms with Crippen molar-refractivity contribution in [1.82, 2.24) is 4.90 Å². The lowest BCUT2D eigenvalue weighted by Gasteiger charge is -2.31. The Morgan fingerprint density at radius 2 is 2.35 bits per heavy atom. The van der Waals surface area contributed by atoms with Crippen molar-refractivity contribution in [2.75, 3.05) is 19.7 Å². The number of hydrogen-bond acceptors (Lipinski definition) is 3. The summed E-state index contributed by atoms with van der Waals surface area (Å²) in [6, 6.07) is 4.85. The molecule has 0 radical (unpaired) electrons. The quantitative estimate of drug-likeness (QED) is 0.863. The molecule has 1 fully saturated rings. The molecule has 17 heavy (non-hydrogen) atoms. The first kappa shape index (κ1) is 12.4. The van der Waals surface area contributed by atoms with Crippen LogP contribution in [0.2, 0.25) is 0 Å². The van der Waals surface area contributed by atoms with Crippen LogP contribution >= 0.6 is 15.9 Å². The van der Waals surface area contributed by atoms with E-state index in [2.05, 4.69) is 15.9 Å². The molecule has 0 spiro atoms. The Labute approximate surface area is 108 Å². The van der Waals surface area contributed by atoms with Crippen LogP contribution in [0.3, 0.4) is 0 Å². The Kier molecular flexibility index (Phi) is 3.69. The average Bonchev–Trinajstić information content (AvgIpc) is 2.31. The zero-order valence-corrected chi connectivity index (χ0v) is 11.1. The van der Waals surface area contributed by atoms with Gasteiger partial charge in [-0.05, 0) is 25.1 Å². The summed E-state index contributed by atoms with van der Waals surface area (Å²) < 4.78 is 6.16. The number of carbonyl (C=O) groups excluding carboxylic acids is 1. The first-order valence-corrected chi connectivity index (χ1v) is 6.26. The predicted molar refractivity (Wildman–Crippen MR) is 67.1 cm³/mol. The lowest BCUT2D eigenvalue weighted by molar-refractivity contribution is -0.0125. The lowest BCUT2D eigenvalue weighted by Crippen LogP contribution is -2.44. The number of aromatic hydroxyl groups is 1. The number of phenols is 1. The highest BCUT2D eigenvalue weighted by Crippen LogP contribution is 2.24. The summed E-state index contributed by atoms with van der Waals surface area (Å²) in [5.74, 6) is -0.142. The van der Waals surface area contributed by atoms with Crippen molar-refractivity contribution in [3.05, 3.63) is 28.2 Å². The second-order valence-electron chi connectivity index (χ2n) is 4.09. The van der Waals surface area contributed by atoms with Crippen LogP contribution in [0.1, 0.15) is 17.3 Å². The van der Waals surface area contributed by atoms with E-state index >= 15 is 0 Å². The fourth-order valence-electron chi connectivity index (χ4n) is 1.85. The zero-order chi connectivity index (χ0) is 12.4. The summed E-state index contributed by atoms with van der Waals surface area (Å²) >= 11 is 3.29. The van der Waals surface area contributed by atoms with Gasteiger partial charge in [0.25, 0.3) is 5.91 Å². The molecule has 1 aliphatic rings. The molecule has 1 amide bonds. The third kappa shape index (κ3) is 2.79. The van der Waals surface area contributed by atoms with Gasteiger partial charge in [0.1, 0.15) is 5.75 Å². The van der Waals surface area contributed by atoms with E-state index in [1.165, 1.54) is 6.07 Å². The maximum Gasteiger partial charge on any atom is 0.257 e. The Morgan fingerprint density at radius 1 is 1.59 bits per heavy atom. The van der Waals surface area contributed by atoms with Crippen LogP contribution in [0.4, 0.5) is 0 Å². The smallest absolute Gasteiger partial charge is 0.257 e. The summed E-state index contributed by atoms with van der Waals surface area (Å²) in [5.41, 5.74) is 0.327. The van der Waals surface area contributed by atoms with Gasteiger partial charge in [0.05, 0.1) is 18.3 Å². The number of morpholine rings is 1. The largest absolute Gasteiger partial charge is 0.507 e. The summed E-state index contributed by atoms with van der Waals surface area (Å²) in [4.78, 5) is 13.9. The SMILES string of the molecule is CC1CN(C(=O)c2cc(Br)ccc2O)CCO1. The van der Waals surface area contributed by atoms with E-state index in [-0.39, 0.29) is 17.8 Å². The van der Waals surface area contributed by atoms with Crippen molar-refractivity contribution in [2.45, 2.75) is 13.0 Å². The van der Waals surface area contributed by atoms with Crippen LogP contribution in [0.5, 0.6) is 5.75 Å². The van der Waals surface area contributed by atoms with Crippen LogP contribution < -0.4 is 0 Å². The Morgan fingerprint density at radius 3 is 3.06 bits per heavy atom. The van der Waals surface area contributed by atoms with Gasteiger partial charge in [-0.15, -0.1) is 0 Å². The Bertz CT molecular complexity index is 436. The summed E-state index contributed by atoms with van der Waals surface area (Å²) in [7, 11) is 0. The average molecular weight is 300 g/mol. The normalized spacial score (nSPS) is 20.4. The fraction of sp³-hybridized carbons (Fsp3) is 0.417. The topological polar surface area (TPSA) is 49.8 Å². The third-order valence-corrected chi connectivity index (χ3v) is 3.21. The Hall–Kier alpha value is -1.07. The van der Waals surface area contributed by atoms with Crippen molar-refractivity contribution >= 4 is 21.8 Å². The van der Waals surface area contributed by atoms with E-state index in [1.807, 2.05) is 6.92 Å². The molecule has 4 nitrogen and oxygen atoms in total. The number of nitrogens with zero attached hydrogens (tertiary/aromatic N) is 1. The maximum absolute atomic E-state index is 12.2. The number of amides is 1. The number of phenolic OH excluding ortho intramolecular Hbond substituents is 1. The highest BCUT2D eigenvalue weighted by Gasteiger charge is 2.24. The molecule has 5 heteroatoms. The highest BCUT2D eigenvalue weighted by molar-refractivity contribution is 9.10. The van der Waals surface area contributed by atoms with Gasteiger partial charge in [-0.25, -0.2) is 0 Å². The zero-order valence-electron chi connectivity index (χ0n) is 9.52. The van der Waals surface area contributed by atoms with Crippen LogP contribution in [0, 0.1) is 0 Å². The molecule has 1 aromatic carbocycles. The van der Waals surface area contributed by atoms with Crippen molar-refractivity contribution in [3.8, 4) is 5.75 Å². The minimum absolute atomic E-state index is 0.0114. The molecule has 92 valence electrons. The minimum Gasteiger partial charge on any atom is -0.507 e.